The van der Waals surface area contributed by atoms with Crippen molar-refractivity contribution in [3.63, 3.8) is 0 Å². The van der Waals surface area contributed by atoms with E-state index in [9.17, 15) is 14.4 Å². The summed E-state index contributed by atoms with van der Waals surface area (Å²) >= 11 is 0. The van der Waals surface area contributed by atoms with Crippen molar-refractivity contribution in [2.45, 2.75) is 20.5 Å². The van der Waals surface area contributed by atoms with E-state index in [0.717, 1.165) is 5.56 Å². The molecule has 7 nitrogen and oxygen atoms in total. The minimum Gasteiger partial charge on any atom is -0.497 e. The minimum atomic E-state index is -0.570. The van der Waals surface area contributed by atoms with Gasteiger partial charge in [0, 0.05) is 25.2 Å². The Balaban J connectivity index is 2.14. The molecule has 0 aliphatic carbocycles. The first-order valence-electron chi connectivity index (χ1n) is 7.87. The van der Waals surface area contributed by atoms with Gasteiger partial charge in [-0.3, -0.25) is 9.59 Å². The molecule has 7 heteroatoms. The number of hydrogen-bond donors (Lipinski definition) is 2. The molecule has 0 saturated heterocycles. The van der Waals surface area contributed by atoms with E-state index in [2.05, 4.69) is 10.6 Å². The molecule has 26 heavy (non-hydrogen) atoms. The van der Waals surface area contributed by atoms with Gasteiger partial charge in [-0.05, 0) is 35.9 Å². The van der Waals surface area contributed by atoms with Crippen LogP contribution in [0.4, 0.5) is 11.4 Å². The summed E-state index contributed by atoms with van der Waals surface area (Å²) in [5.74, 6) is -0.437. The molecule has 0 atom stereocenters. The standard InChI is InChI=1S/C19H20N2O5/c1-12(22)20-16-8-15(9-17(10-16)21-13(2)23)19(24)26-11-14-4-6-18(25-3)7-5-14/h4-10H,11H2,1-3H3,(H,20,22)(H,21,23). The molecule has 0 spiro atoms. The van der Waals surface area contributed by atoms with Crippen molar-refractivity contribution >= 4 is 29.2 Å². The van der Waals surface area contributed by atoms with Crippen LogP contribution in [0, 0.1) is 0 Å². The maximum absolute atomic E-state index is 12.3. The second kappa shape index (κ2) is 8.66. The topological polar surface area (TPSA) is 93.7 Å². The quantitative estimate of drug-likeness (QED) is 0.776. The number of carbonyl (C=O) groups excluding carboxylic acids is 3. The molecule has 0 fully saturated rings. The summed E-state index contributed by atoms with van der Waals surface area (Å²) in [7, 11) is 1.57. The Morgan fingerprint density at radius 1 is 0.885 bits per heavy atom. The van der Waals surface area contributed by atoms with Gasteiger partial charge in [0.1, 0.15) is 12.4 Å². The second-order valence-electron chi connectivity index (χ2n) is 5.59. The van der Waals surface area contributed by atoms with Gasteiger partial charge in [0.25, 0.3) is 0 Å². The number of rotatable bonds is 6. The molecule has 2 N–H and O–H groups in total. The maximum atomic E-state index is 12.3. The van der Waals surface area contributed by atoms with Gasteiger partial charge in [-0.1, -0.05) is 12.1 Å². The first kappa shape index (κ1) is 19.0. The minimum absolute atomic E-state index is 0.0860. The third-order valence-electron chi connectivity index (χ3n) is 3.34. The highest BCUT2D eigenvalue weighted by atomic mass is 16.5. The molecule has 0 saturated carbocycles. The summed E-state index contributed by atoms with van der Waals surface area (Å²) in [6.07, 6.45) is 0. The summed E-state index contributed by atoms with van der Waals surface area (Å²) in [4.78, 5) is 34.9. The average Bonchev–Trinajstić information content (AvgIpc) is 2.58. The summed E-state index contributed by atoms with van der Waals surface area (Å²) in [6, 6.07) is 11.7. The lowest BCUT2D eigenvalue weighted by Gasteiger charge is -2.11. The maximum Gasteiger partial charge on any atom is 0.338 e. The summed E-state index contributed by atoms with van der Waals surface area (Å²) in [5.41, 5.74) is 1.80. The molecule has 0 radical (unpaired) electrons. The van der Waals surface area contributed by atoms with Crippen LogP contribution in [0.1, 0.15) is 29.8 Å². The average molecular weight is 356 g/mol. The van der Waals surface area contributed by atoms with Gasteiger partial charge in [0.05, 0.1) is 12.7 Å². The van der Waals surface area contributed by atoms with E-state index in [-0.39, 0.29) is 24.0 Å². The van der Waals surface area contributed by atoms with E-state index < -0.39 is 5.97 Å². The van der Waals surface area contributed by atoms with E-state index in [4.69, 9.17) is 9.47 Å². The van der Waals surface area contributed by atoms with Crippen molar-refractivity contribution < 1.29 is 23.9 Å². The molecule has 0 aliphatic heterocycles. The fourth-order valence-corrected chi connectivity index (χ4v) is 2.25. The molecule has 0 unspecified atom stereocenters. The van der Waals surface area contributed by atoms with E-state index in [0.29, 0.717) is 17.1 Å². The molecule has 2 aromatic rings. The number of methoxy groups -OCH3 is 1. The molecule has 0 aromatic heterocycles. The van der Waals surface area contributed by atoms with Crippen molar-refractivity contribution in [1.29, 1.82) is 0 Å². The highest BCUT2D eigenvalue weighted by molar-refractivity contribution is 5.97. The van der Waals surface area contributed by atoms with Crippen molar-refractivity contribution in [3.8, 4) is 5.75 Å². The van der Waals surface area contributed by atoms with Crippen molar-refractivity contribution in [2.75, 3.05) is 17.7 Å². The van der Waals surface area contributed by atoms with Crippen LogP contribution in [-0.2, 0) is 20.9 Å². The molecule has 2 aromatic carbocycles. The first-order valence-corrected chi connectivity index (χ1v) is 7.87. The van der Waals surface area contributed by atoms with Gasteiger partial charge in [-0.2, -0.15) is 0 Å². The summed E-state index contributed by atoms with van der Waals surface area (Å²) in [6.45, 7) is 2.79. The third-order valence-corrected chi connectivity index (χ3v) is 3.34. The molecule has 0 heterocycles. The Morgan fingerprint density at radius 3 is 1.88 bits per heavy atom. The van der Waals surface area contributed by atoms with Crippen molar-refractivity contribution in [3.05, 3.63) is 53.6 Å². The Labute approximate surface area is 151 Å². The number of benzene rings is 2. The van der Waals surface area contributed by atoms with E-state index in [1.807, 2.05) is 0 Å². The molecule has 2 amide bonds. The zero-order valence-electron chi connectivity index (χ0n) is 14.8. The Kier molecular flexibility index (Phi) is 6.32. The van der Waals surface area contributed by atoms with Gasteiger partial charge < -0.3 is 20.1 Å². The number of carbonyl (C=O) groups is 3. The molecule has 0 aliphatic rings. The predicted molar refractivity (Wildman–Crippen MR) is 97.2 cm³/mol. The number of esters is 1. The predicted octanol–water partition coefficient (Wildman–Crippen LogP) is 2.97. The summed E-state index contributed by atoms with van der Waals surface area (Å²) in [5, 5.41) is 5.18. The normalized spacial score (nSPS) is 9.96. The van der Waals surface area contributed by atoms with Crippen molar-refractivity contribution in [2.24, 2.45) is 0 Å². The van der Waals surface area contributed by atoms with E-state index >= 15 is 0 Å². The Morgan fingerprint density at radius 2 is 1.42 bits per heavy atom. The Bertz CT molecular complexity index is 781. The zero-order valence-corrected chi connectivity index (χ0v) is 14.8. The number of amides is 2. The molecular weight excluding hydrogens is 336 g/mol. The van der Waals surface area contributed by atoms with Crippen molar-refractivity contribution in [1.82, 2.24) is 0 Å². The lowest BCUT2D eigenvalue weighted by Crippen LogP contribution is -2.12. The second-order valence-corrected chi connectivity index (χ2v) is 5.59. The van der Waals surface area contributed by atoms with Crippen LogP contribution < -0.4 is 15.4 Å². The lowest BCUT2D eigenvalue weighted by atomic mass is 10.1. The SMILES string of the molecule is COc1ccc(COC(=O)c2cc(NC(C)=O)cc(NC(C)=O)c2)cc1. The smallest absolute Gasteiger partial charge is 0.338 e. The molecule has 136 valence electrons. The summed E-state index contributed by atoms with van der Waals surface area (Å²) < 4.78 is 10.4. The largest absolute Gasteiger partial charge is 0.497 e. The number of anilines is 2. The highest BCUT2D eigenvalue weighted by Gasteiger charge is 2.12. The Hall–Kier alpha value is -3.35. The van der Waals surface area contributed by atoms with Crippen LogP contribution >= 0.6 is 0 Å². The van der Waals surface area contributed by atoms with Crippen LogP contribution in [0.25, 0.3) is 0 Å². The van der Waals surface area contributed by atoms with Crippen LogP contribution in [-0.4, -0.2) is 24.9 Å². The van der Waals surface area contributed by atoms with Crippen LogP contribution in [0.5, 0.6) is 5.75 Å². The fourth-order valence-electron chi connectivity index (χ4n) is 2.25. The zero-order chi connectivity index (χ0) is 19.1. The van der Waals surface area contributed by atoms with E-state index in [1.54, 1.807) is 37.4 Å². The monoisotopic (exact) mass is 356 g/mol. The van der Waals surface area contributed by atoms with Gasteiger partial charge in [0.2, 0.25) is 11.8 Å². The molecular formula is C19H20N2O5. The number of ether oxygens (including phenoxy) is 2. The van der Waals surface area contributed by atoms with Crippen LogP contribution in [0.3, 0.4) is 0 Å². The van der Waals surface area contributed by atoms with Gasteiger partial charge in [-0.25, -0.2) is 4.79 Å². The number of nitrogens with one attached hydrogen (secondary N) is 2. The van der Waals surface area contributed by atoms with Crippen LogP contribution in [0.2, 0.25) is 0 Å². The fraction of sp³-hybridized carbons (Fsp3) is 0.211. The van der Waals surface area contributed by atoms with Gasteiger partial charge in [-0.15, -0.1) is 0 Å². The van der Waals surface area contributed by atoms with Gasteiger partial charge >= 0.3 is 5.97 Å². The first-order chi connectivity index (χ1) is 12.4. The highest BCUT2D eigenvalue weighted by Crippen LogP contribution is 2.21. The number of hydrogen-bond acceptors (Lipinski definition) is 5. The van der Waals surface area contributed by atoms with E-state index in [1.165, 1.54) is 26.0 Å². The van der Waals surface area contributed by atoms with Gasteiger partial charge in [0.15, 0.2) is 0 Å². The third kappa shape index (κ3) is 5.62. The molecule has 2 rings (SSSR count). The lowest BCUT2D eigenvalue weighted by molar-refractivity contribution is -0.115. The molecule has 0 bridgehead atoms. The van der Waals surface area contributed by atoms with Crippen LogP contribution in [0.15, 0.2) is 42.5 Å².